The minimum atomic E-state index is -0.734. The van der Waals surface area contributed by atoms with Crippen molar-refractivity contribution in [2.45, 2.75) is 24.9 Å². The average Bonchev–Trinajstić information content (AvgIpc) is 2.95. The Morgan fingerprint density at radius 3 is 2.44 bits per heavy atom. The summed E-state index contributed by atoms with van der Waals surface area (Å²) in [6.45, 7) is 2.47. The molecule has 2 aliphatic rings. The molecule has 2 heterocycles. The van der Waals surface area contributed by atoms with Gasteiger partial charge in [0, 0.05) is 38.0 Å². The summed E-state index contributed by atoms with van der Waals surface area (Å²) in [7, 11) is 0. The summed E-state index contributed by atoms with van der Waals surface area (Å²) in [6, 6.07) is 10.4. The number of hydrogen-bond donors (Lipinski definition) is 1. The second kappa shape index (κ2) is 4.65. The van der Waals surface area contributed by atoms with Gasteiger partial charge in [0.15, 0.2) is 0 Å². The lowest BCUT2D eigenvalue weighted by atomic mass is 9.89. The van der Waals surface area contributed by atoms with Crippen molar-refractivity contribution in [3.63, 3.8) is 0 Å². The van der Waals surface area contributed by atoms with Gasteiger partial charge in [0.25, 0.3) is 0 Å². The number of aliphatic hydroxyl groups is 1. The average molecular weight is 245 g/mol. The van der Waals surface area contributed by atoms with Crippen LogP contribution in [0.2, 0.25) is 0 Å². The van der Waals surface area contributed by atoms with Gasteiger partial charge in [0.05, 0.1) is 6.61 Å². The van der Waals surface area contributed by atoms with Crippen molar-refractivity contribution in [1.82, 2.24) is 0 Å². The van der Waals surface area contributed by atoms with Gasteiger partial charge in [-0.05, 0) is 18.2 Å². The van der Waals surface area contributed by atoms with Crippen LogP contribution in [-0.4, -0.2) is 30.4 Å². The van der Waals surface area contributed by atoms with Crippen LogP contribution in [0.25, 0.3) is 0 Å². The first-order chi connectivity index (χ1) is 8.78. The molecule has 0 bridgehead atoms. The van der Waals surface area contributed by atoms with Gasteiger partial charge in [-0.3, -0.25) is 0 Å². The monoisotopic (exact) mass is 245 g/mol. The zero-order chi connectivity index (χ0) is 12.4. The molecule has 1 aromatic carbocycles. The number of anilines is 1. The second-order valence-corrected chi connectivity index (χ2v) is 5.06. The quantitative estimate of drug-likeness (QED) is 0.868. The van der Waals surface area contributed by atoms with Gasteiger partial charge in [0.2, 0.25) is 0 Å². The molecule has 0 unspecified atom stereocenters. The van der Waals surface area contributed by atoms with E-state index in [4.69, 9.17) is 4.74 Å². The summed E-state index contributed by atoms with van der Waals surface area (Å²) in [5, 5.41) is 10.6. The highest BCUT2D eigenvalue weighted by atomic mass is 16.5. The second-order valence-electron chi connectivity index (χ2n) is 5.06. The number of rotatable bonds is 2. The van der Waals surface area contributed by atoms with Crippen LogP contribution in [0, 0.1) is 0 Å². The minimum Gasteiger partial charge on any atom is -0.495 e. The molecule has 96 valence electrons. The molecular formula is C15H19NO2. The fourth-order valence-electron chi connectivity index (χ4n) is 2.76. The molecule has 1 saturated heterocycles. The molecule has 0 aromatic heterocycles. The highest BCUT2D eigenvalue weighted by Crippen LogP contribution is 2.34. The first kappa shape index (κ1) is 11.6. The molecule has 1 fully saturated rings. The van der Waals surface area contributed by atoms with Gasteiger partial charge in [-0.1, -0.05) is 18.2 Å². The molecule has 0 aliphatic carbocycles. The van der Waals surface area contributed by atoms with Crippen molar-refractivity contribution >= 4 is 5.69 Å². The highest BCUT2D eigenvalue weighted by Gasteiger charge is 2.38. The molecule has 3 heteroatoms. The minimum absolute atomic E-state index is 0.722. The third-order valence-electron chi connectivity index (χ3n) is 3.88. The van der Waals surface area contributed by atoms with E-state index in [1.807, 2.05) is 12.1 Å². The number of ether oxygens (including phenoxy) is 1. The van der Waals surface area contributed by atoms with Crippen LogP contribution in [0.15, 0.2) is 42.2 Å². The van der Waals surface area contributed by atoms with Gasteiger partial charge in [0.1, 0.15) is 11.4 Å². The maximum Gasteiger partial charge on any atom is 0.124 e. The molecule has 1 aromatic rings. The lowest BCUT2D eigenvalue weighted by Crippen LogP contribution is -2.45. The van der Waals surface area contributed by atoms with Crippen molar-refractivity contribution < 1.29 is 9.84 Å². The standard InChI is InChI=1S/C15H19NO2/c17-15(14-7-4-12-18-14)8-10-16(11-9-15)13-5-2-1-3-6-13/h1-3,5-7,17H,4,8-12H2. The topological polar surface area (TPSA) is 32.7 Å². The first-order valence-electron chi connectivity index (χ1n) is 6.64. The summed E-state index contributed by atoms with van der Waals surface area (Å²) in [4.78, 5) is 2.32. The van der Waals surface area contributed by atoms with Crippen LogP contribution >= 0.6 is 0 Å². The Morgan fingerprint density at radius 1 is 1.11 bits per heavy atom. The number of piperidine rings is 1. The third kappa shape index (κ3) is 2.10. The molecule has 0 saturated carbocycles. The molecule has 0 spiro atoms. The predicted octanol–water partition coefficient (Wildman–Crippen LogP) is 2.32. The van der Waals surface area contributed by atoms with Crippen molar-refractivity contribution in [3.8, 4) is 0 Å². The lowest BCUT2D eigenvalue weighted by Gasteiger charge is -2.39. The zero-order valence-corrected chi connectivity index (χ0v) is 10.5. The highest BCUT2D eigenvalue weighted by molar-refractivity contribution is 5.46. The third-order valence-corrected chi connectivity index (χ3v) is 3.88. The van der Waals surface area contributed by atoms with E-state index in [9.17, 15) is 5.11 Å². The summed E-state index contributed by atoms with van der Waals surface area (Å²) < 4.78 is 5.53. The molecule has 0 radical (unpaired) electrons. The Balaban J connectivity index is 1.68. The van der Waals surface area contributed by atoms with E-state index < -0.39 is 5.60 Å². The van der Waals surface area contributed by atoms with Gasteiger partial charge >= 0.3 is 0 Å². The molecule has 0 amide bonds. The fraction of sp³-hybridized carbons (Fsp3) is 0.467. The fourth-order valence-corrected chi connectivity index (χ4v) is 2.76. The van der Waals surface area contributed by atoms with Crippen LogP contribution in [0.1, 0.15) is 19.3 Å². The number of benzene rings is 1. The number of para-hydroxylation sites is 1. The molecule has 18 heavy (non-hydrogen) atoms. The lowest BCUT2D eigenvalue weighted by molar-refractivity contribution is 0.000124. The summed E-state index contributed by atoms with van der Waals surface area (Å²) in [5.41, 5.74) is 0.503. The smallest absolute Gasteiger partial charge is 0.124 e. The van der Waals surface area contributed by atoms with Gasteiger partial charge < -0.3 is 14.7 Å². The van der Waals surface area contributed by atoms with Crippen LogP contribution in [-0.2, 0) is 4.74 Å². The van der Waals surface area contributed by atoms with E-state index in [-0.39, 0.29) is 0 Å². The Kier molecular flexibility index (Phi) is 3.00. The maximum atomic E-state index is 10.6. The summed E-state index contributed by atoms with van der Waals surface area (Å²) in [5.74, 6) is 0.801. The Labute approximate surface area is 108 Å². The largest absolute Gasteiger partial charge is 0.495 e. The summed E-state index contributed by atoms with van der Waals surface area (Å²) in [6.07, 6.45) is 4.46. The van der Waals surface area contributed by atoms with Gasteiger partial charge in [-0.2, -0.15) is 0 Å². The van der Waals surface area contributed by atoms with Crippen molar-refractivity contribution in [2.24, 2.45) is 0 Å². The first-order valence-corrected chi connectivity index (χ1v) is 6.64. The van der Waals surface area contributed by atoms with Crippen molar-refractivity contribution in [3.05, 3.63) is 42.2 Å². The molecule has 2 aliphatic heterocycles. The Morgan fingerprint density at radius 2 is 1.83 bits per heavy atom. The number of hydrogen-bond acceptors (Lipinski definition) is 3. The molecule has 0 atom stereocenters. The number of nitrogens with zero attached hydrogens (tertiary/aromatic N) is 1. The normalized spacial score (nSPS) is 22.5. The SMILES string of the molecule is OC1(C2=CCCO2)CCN(c2ccccc2)CC1. The van der Waals surface area contributed by atoms with E-state index in [1.165, 1.54) is 5.69 Å². The van der Waals surface area contributed by atoms with Crippen molar-refractivity contribution in [1.29, 1.82) is 0 Å². The van der Waals surface area contributed by atoms with E-state index >= 15 is 0 Å². The summed E-state index contributed by atoms with van der Waals surface area (Å²) >= 11 is 0. The van der Waals surface area contributed by atoms with Crippen LogP contribution in [0.5, 0.6) is 0 Å². The van der Waals surface area contributed by atoms with Gasteiger partial charge in [-0.25, -0.2) is 0 Å². The Hall–Kier alpha value is -1.48. The molecule has 3 nitrogen and oxygen atoms in total. The molecule has 1 N–H and O–H groups in total. The maximum absolute atomic E-state index is 10.6. The van der Waals surface area contributed by atoms with Crippen LogP contribution in [0.4, 0.5) is 5.69 Å². The van der Waals surface area contributed by atoms with E-state index in [1.54, 1.807) is 0 Å². The molecule has 3 rings (SSSR count). The predicted molar refractivity (Wildman–Crippen MR) is 71.5 cm³/mol. The zero-order valence-electron chi connectivity index (χ0n) is 10.5. The van der Waals surface area contributed by atoms with Crippen molar-refractivity contribution in [2.75, 3.05) is 24.6 Å². The van der Waals surface area contributed by atoms with E-state index in [0.29, 0.717) is 0 Å². The van der Waals surface area contributed by atoms with Crippen LogP contribution < -0.4 is 4.90 Å². The Bertz CT molecular complexity index is 433. The van der Waals surface area contributed by atoms with Gasteiger partial charge in [-0.15, -0.1) is 0 Å². The van der Waals surface area contributed by atoms with E-state index in [2.05, 4.69) is 29.2 Å². The van der Waals surface area contributed by atoms with E-state index in [0.717, 1.165) is 44.7 Å². The molecular weight excluding hydrogens is 226 g/mol. The van der Waals surface area contributed by atoms with Crippen LogP contribution in [0.3, 0.4) is 0 Å².